The number of anilines is 1. The van der Waals surface area contributed by atoms with Crippen LogP contribution in [-0.2, 0) is 6.54 Å². The first-order chi connectivity index (χ1) is 8.63. The number of nitrogens with one attached hydrogen (secondary N) is 1. The van der Waals surface area contributed by atoms with Gasteiger partial charge in [-0.05, 0) is 26.3 Å². The van der Waals surface area contributed by atoms with E-state index in [0.717, 1.165) is 38.0 Å². The summed E-state index contributed by atoms with van der Waals surface area (Å²) in [7, 11) is 1.94. The summed E-state index contributed by atoms with van der Waals surface area (Å²) in [4.78, 5) is 10.6. The zero-order valence-electron chi connectivity index (χ0n) is 11.6. The van der Waals surface area contributed by atoms with Crippen LogP contribution in [0.15, 0.2) is 12.4 Å². The SMILES string of the molecule is CCCNCc1cnc(N(C)CCC(C)O)nc1. The highest BCUT2D eigenvalue weighted by Gasteiger charge is 2.05. The molecule has 0 radical (unpaired) electrons. The van der Waals surface area contributed by atoms with E-state index in [1.807, 2.05) is 24.3 Å². The molecule has 0 bridgehead atoms. The fraction of sp³-hybridized carbons (Fsp3) is 0.692. The molecule has 0 saturated carbocycles. The molecule has 1 unspecified atom stereocenters. The molecule has 0 fully saturated rings. The smallest absolute Gasteiger partial charge is 0.224 e. The normalized spacial score (nSPS) is 12.4. The van der Waals surface area contributed by atoms with Crippen molar-refractivity contribution in [3.05, 3.63) is 18.0 Å². The summed E-state index contributed by atoms with van der Waals surface area (Å²) in [6.45, 7) is 6.51. The summed E-state index contributed by atoms with van der Waals surface area (Å²) in [5.41, 5.74) is 1.09. The van der Waals surface area contributed by atoms with Crippen LogP contribution in [0.5, 0.6) is 0 Å². The van der Waals surface area contributed by atoms with E-state index in [1.165, 1.54) is 0 Å². The van der Waals surface area contributed by atoms with E-state index in [2.05, 4.69) is 22.2 Å². The number of hydrogen-bond acceptors (Lipinski definition) is 5. The van der Waals surface area contributed by atoms with E-state index in [4.69, 9.17) is 0 Å². The third-order valence-electron chi connectivity index (χ3n) is 2.67. The third kappa shape index (κ3) is 5.42. The average Bonchev–Trinajstić information content (AvgIpc) is 2.37. The molecule has 0 aliphatic carbocycles. The highest BCUT2D eigenvalue weighted by molar-refractivity contribution is 5.28. The Labute approximate surface area is 109 Å². The Morgan fingerprint density at radius 1 is 1.39 bits per heavy atom. The largest absolute Gasteiger partial charge is 0.393 e. The lowest BCUT2D eigenvalue weighted by molar-refractivity contribution is 0.186. The van der Waals surface area contributed by atoms with E-state index >= 15 is 0 Å². The summed E-state index contributed by atoms with van der Waals surface area (Å²) in [6, 6.07) is 0. The van der Waals surface area contributed by atoms with Crippen molar-refractivity contribution >= 4 is 5.95 Å². The Kier molecular flexibility index (Phi) is 6.60. The first-order valence-corrected chi connectivity index (χ1v) is 6.54. The second-order valence-corrected chi connectivity index (χ2v) is 4.63. The van der Waals surface area contributed by atoms with Crippen molar-refractivity contribution in [1.82, 2.24) is 15.3 Å². The Morgan fingerprint density at radius 2 is 2.06 bits per heavy atom. The van der Waals surface area contributed by atoms with Crippen LogP contribution in [0.25, 0.3) is 0 Å². The lowest BCUT2D eigenvalue weighted by Gasteiger charge is -2.17. The molecule has 0 aliphatic rings. The molecule has 1 aromatic heterocycles. The van der Waals surface area contributed by atoms with Crippen LogP contribution in [0.1, 0.15) is 32.3 Å². The van der Waals surface area contributed by atoms with E-state index in [9.17, 15) is 5.11 Å². The third-order valence-corrected chi connectivity index (χ3v) is 2.67. The van der Waals surface area contributed by atoms with Gasteiger partial charge >= 0.3 is 0 Å². The average molecular weight is 252 g/mol. The van der Waals surface area contributed by atoms with Crippen LogP contribution in [0, 0.1) is 0 Å². The molecule has 0 aromatic carbocycles. The molecule has 0 saturated heterocycles. The first kappa shape index (κ1) is 14.9. The summed E-state index contributed by atoms with van der Waals surface area (Å²) < 4.78 is 0. The first-order valence-electron chi connectivity index (χ1n) is 6.54. The predicted octanol–water partition coefficient (Wildman–Crippen LogP) is 1.18. The number of nitrogens with zero attached hydrogens (tertiary/aromatic N) is 3. The maximum Gasteiger partial charge on any atom is 0.224 e. The zero-order valence-corrected chi connectivity index (χ0v) is 11.6. The number of aliphatic hydroxyl groups is 1. The van der Waals surface area contributed by atoms with Crippen molar-refractivity contribution in [3.63, 3.8) is 0 Å². The zero-order chi connectivity index (χ0) is 13.4. The Bertz CT molecular complexity index is 326. The van der Waals surface area contributed by atoms with Gasteiger partial charge in [-0.25, -0.2) is 9.97 Å². The number of rotatable bonds is 8. The molecule has 1 heterocycles. The summed E-state index contributed by atoms with van der Waals surface area (Å²) >= 11 is 0. The van der Waals surface area contributed by atoms with E-state index in [-0.39, 0.29) is 6.10 Å². The summed E-state index contributed by atoms with van der Waals surface area (Å²) in [5, 5.41) is 12.6. The van der Waals surface area contributed by atoms with E-state index in [1.54, 1.807) is 6.92 Å². The summed E-state index contributed by atoms with van der Waals surface area (Å²) in [5.74, 6) is 0.704. The van der Waals surface area contributed by atoms with Crippen molar-refractivity contribution in [3.8, 4) is 0 Å². The Balaban J connectivity index is 2.43. The second kappa shape index (κ2) is 8.00. The molecule has 1 rings (SSSR count). The van der Waals surface area contributed by atoms with Crippen molar-refractivity contribution in [2.45, 2.75) is 39.3 Å². The molecule has 5 nitrogen and oxygen atoms in total. The molecule has 0 amide bonds. The molecule has 5 heteroatoms. The maximum absolute atomic E-state index is 9.24. The van der Waals surface area contributed by atoms with Crippen LogP contribution in [0.3, 0.4) is 0 Å². The van der Waals surface area contributed by atoms with E-state index < -0.39 is 0 Å². The Morgan fingerprint density at radius 3 is 2.61 bits per heavy atom. The van der Waals surface area contributed by atoms with Gasteiger partial charge in [-0.3, -0.25) is 0 Å². The molecule has 2 N–H and O–H groups in total. The van der Waals surface area contributed by atoms with Gasteiger partial charge in [0.05, 0.1) is 6.10 Å². The lowest BCUT2D eigenvalue weighted by Crippen LogP contribution is -2.24. The molecule has 18 heavy (non-hydrogen) atoms. The summed E-state index contributed by atoms with van der Waals surface area (Å²) in [6.07, 6.45) is 5.26. The highest BCUT2D eigenvalue weighted by atomic mass is 16.3. The molecule has 1 aromatic rings. The van der Waals surface area contributed by atoms with Crippen LogP contribution >= 0.6 is 0 Å². The van der Waals surface area contributed by atoms with Gasteiger partial charge in [-0.15, -0.1) is 0 Å². The van der Waals surface area contributed by atoms with Crippen LogP contribution in [0.4, 0.5) is 5.95 Å². The van der Waals surface area contributed by atoms with Gasteiger partial charge in [0, 0.05) is 38.1 Å². The van der Waals surface area contributed by atoms with Crippen LogP contribution in [-0.4, -0.2) is 41.3 Å². The fourth-order valence-electron chi connectivity index (χ4n) is 1.53. The van der Waals surface area contributed by atoms with Crippen LogP contribution < -0.4 is 10.2 Å². The van der Waals surface area contributed by atoms with Gasteiger partial charge in [0.25, 0.3) is 0 Å². The molecule has 0 aliphatic heterocycles. The maximum atomic E-state index is 9.24. The highest BCUT2D eigenvalue weighted by Crippen LogP contribution is 2.06. The number of aliphatic hydroxyl groups excluding tert-OH is 1. The van der Waals surface area contributed by atoms with Gasteiger partial charge in [-0.1, -0.05) is 6.92 Å². The minimum atomic E-state index is -0.287. The molecular weight excluding hydrogens is 228 g/mol. The van der Waals surface area contributed by atoms with Gasteiger partial charge in [0.2, 0.25) is 5.95 Å². The van der Waals surface area contributed by atoms with E-state index in [0.29, 0.717) is 5.95 Å². The molecular formula is C13H24N4O. The minimum Gasteiger partial charge on any atom is -0.393 e. The topological polar surface area (TPSA) is 61.3 Å². The lowest BCUT2D eigenvalue weighted by atomic mass is 10.3. The molecule has 1 atom stereocenters. The van der Waals surface area contributed by atoms with Gasteiger partial charge in [0.1, 0.15) is 0 Å². The standard InChI is InChI=1S/C13H24N4O/c1-4-6-14-8-12-9-15-13(16-10-12)17(3)7-5-11(2)18/h9-11,14,18H,4-8H2,1-3H3. The van der Waals surface area contributed by atoms with Gasteiger partial charge < -0.3 is 15.3 Å². The van der Waals surface area contributed by atoms with Crippen molar-refractivity contribution in [2.75, 3.05) is 25.0 Å². The number of aromatic nitrogens is 2. The minimum absolute atomic E-state index is 0.287. The molecule has 102 valence electrons. The molecule has 0 spiro atoms. The number of hydrogen-bond donors (Lipinski definition) is 2. The quantitative estimate of drug-likeness (QED) is 0.680. The fourth-order valence-corrected chi connectivity index (χ4v) is 1.53. The van der Waals surface area contributed by atoms with Gasteiger partial charge in [-0.2, -0.15) is 0 Å². The van der Waals surface area contributed by atoms with Crippen molar-refractivity contribution in [1.29, 1.82) is 0 Å². The Hall–Kier alpha value is -1.20. The van der Waals surface area contributed by atoms with Crippen molar-refractivity contribution < 1.29 is 5.11 Å². The van der Waals surface area contributed by atoms with Crippen LogP contribution in [0.2, 0.25) is 0 Å². The second-order valence-electron chi connectivity index (χ2n) is 4.63. The van der Waals surface area contributed by atoms with Crippen molar-refractivity contribution in [2.24, 2.45) is 0 Å². The van der Waals surface area contributed by atoms with Gasteiger partial charge in [0.15, 0.2) is 0 Å². The monoisotopic (exact) mass is 252 g/mol. The predicted molar refractivity (Wildman–Crippen MR) is 73.6 cm³/mol.